The molecule has 3 rings (SSSR count). The Hall–Kier alpha value is -1.79. The maximum absolute atomic E-state index is 13.2. The van der Waals surface area contributed by atoms with Gasteiger partial charge in [-0.2, -0.15) is 0 Å². The lowest BCUT2D eigenvalue weighted by atomic mass is 10.0. The summed E-state index contributed by atoms with van der Waals surface area (Å²) in [6.07, 6.45) is 0.270. The number of rotatable bonds is 5. The van der Waals surface area contributed by atoms with Gasteiger partial charge in [-0.15, -0.1) is 11.3 Å². The van der Waals surface area contributed by atoms with Crippen LogP contribution < -0.4 is 10.6 Å². The van der Waals surface area contributed by atoms with Crippen molar-refractivity contribution < 1.29 is 9.18 Å². The molecule has 1 aromatic carbocycles. The van der Waals surface area contributed by atoms with Crippen LogP contribution in [-0.4, -0.2) is 30.5 Å². The van der Waals surface area contributed by atoms with Gasteiger partial charge in [-0.05, 0) is 12.1 Å². The predicted octanol–water partition coefficient (Wildman–Crippen LogP) is 1.83. The molecule has 21 heavy (non-hydrogen) atoms. The normalized spacial score (nSPS) is 14.7. The predicted molar refractivity (Wildman–Crippen MR) is 80.6 cm³/mol. The van der Waals surface area contributed by atoms with Crippen LogP contribution in [0.5, 0.6) is 0 Å². The van der Waals surface area contributed by atoms with E-state index in [1.165, 1.54) is 23.5 Å². The van der Waals surface area contributed by atoms with Crippen molar-refractivity contribution in [1.29, 1.82) is 0 Å². The number of hydrogen-bond donors (Lipinski definition) is 2. The quantitative estimate of drug-likeness (QED) is 0.886. The average molecular weight is 305 g/mol. The fourth-order valence-electron chi connectivity index (χ4n) is 2.12. The second-order valence-electron chi connectivity index (χ2n) is 5.16. The van der Waals surface area contributed by atoms with Crippen molar-refractivity contribution in [2.24, 2.45) is 5.92 Å². The molecule has 0 unspecified atom stereocenters. The highest BCUT2D eigenvalue weighted by atomic mass is 32.1. The summed E-state index contributed by atoms with van der Waals surface area (Å²) in [5, 5.41) is 8.67. The summed E-state index contributed by atoms with van der Waals surface area (Å²) < 4.78 is 13.2. The van der Waals surface area contributed by atoms with E-state index in [-0.39, 0.29) is 18.1 Å². The molecule has 2 N–H and O–H groups in total. The standard InChI is InChI=1S/C15H16FN3OS/c16-12-3-1-2-11(4-12)15-19-13(9-21-15)5-14(20)18-8-10-6-17-7-10/h1-4,9-10,17H,5-8H2,(H,18,20). The van der Waals surface area contributed by atoms with Crippen LogP contribution in [0.4, 0.5) is 4.39 Å². The molecule has 4 nitrogen and oxygen atoms in total. The molecule has 1 fully saturated rings. The Bertz CT molecular complexity index is 639. The van der Waals surface area contributed by atoms with E-state index >= 15 is 0 Å². The van der Waals surface area contributed by atoms with Crippen LogP contribution in [0.1, 0.15) is 5.69 Å². The number of aromatic nitrogens is 1. The van der Waals surface area contributed by atoms with E-state index in [9.17, 15) is 9.18 Å². The minimum absolute atomic E-state index is 0.0157. The zero-order valence-electron chi connectivity index (χ0n) is 11.4. The number of nitrogens with one attached hydrogen (secondary N) is 2. The summed E-state index contributed by atoms with van der Waals surface area (Å²) in [6, 6.07) is 6.33. The van der Waals surface area contributed by atoms with Gasteiger partial charge in [0, 0.05) is 36.5 Å². The van der Waals surface area contributed by atoms with Crippen LogP contribution in [0, 0.1) is 11.7 Å². The third kappa shape index (κ3) is 3.65. The van der Waals surface area contributed by atoms with Crippen LogP contribution in [-0.2, 0) is 11.2 Å². The number of halogens is 1. The van der Waals surface area contributed by atoms with E-state index in [4.69, 9.17) is 0 Å². The summed E-state index contributed by atoms with van der Waals surface area (Å²) in [6.45, 7) is 2.66. The van der Waals surface area contributed by atoms with Crippen LogP contribution in [0.2, 0.25) is 0 Å². The molecular weight excluding hydrogens is 289 g/mol. The monoisotopic (exact) mass is 305 g/mol. The van der Waals surface area contributed by atoms with Gasteiger partial charge in [0.05, 0.1) is 12.1 Å². The summed E-state index contributed by atoms with van der Waals surface area (Å²) in [4.78, 5) is 16.2. The van der Waals surface area contributed by atoms with Crippen molar-refractivity contribution in [2.75, 3.05) is 19.6 Å². The Labute approximate surface area is 126 Å². The van der Waals surface area contributed by atoms with E-state index in [1.807, 2.05) is 11.4 Å². The number of hydrogen-bond acceptors (Lipinski definition) is 4. The molecule has 0 saturated carbocycles. The van der Waals surface area contributed by atoms with E-state index in [1.54, 1.807) is 6.07 Å². The first-order valence-corrected chi connectivity index (χ1v) is 7.76. The van der Waals surface area contributed by atoms with Crippen LogP contribution in [0.15, 0.2) is 29.6 Å². The third-order valence-corrected chi connectivity index (χ3v) is 4.36. The number of carbonyl (C=O) groups is 1. The smallest absolute Gasteiger partial charge is 0.226 e. The minimum atomic E-state index is -0.281. The van der Waals surface area contributed by atoms with Gasteiger partial charge >= 0.3 is 0 Å². The maximum Gasteiger partial charge on any atom is 0.226 e. The topological polar surface area (TPSA) is 54.0 Å². The zero-order valence-corrected chi connectivity index (χ0v) is 12.3. The fourth-order valence-corrected chi connectivity index (χ4v) is 2.94. The minimum Gasteiger partial charge on any atom is -0.355 e. The second-order valence-corrected chi connectivity index (χ2v) is 6.02. The molecule has 1 amide bonds. The molecule has 1 saturated heterocycles. The second kappa shape index (κ2) is 6.32. The number of benzene rings is 1. The van der Waals surface area contributed by atoms with E-state index in [2.05, 4.69) is 15.6 Å². The highest BCUT2D eigenvalue weighted by Crippen LogP contribution is 2.24. The number of thiazole rings is 1. The fraction of sp³-hybridized carbons (Fsp3) is 0.333. The lowest BCUT2D eigenvalue weighted by Crippen LogP contribution is -2.48. The molecular formula is C15H16FN3OS. The van der Waals surface area contributed by atoms with Gasteiger partial charge in [-0.1, -0.05) is 12.1 Å². The maximum atomic E-state index is 13.2. The highest BCUT2D eigenvalue weighted by Gasteiger charge is 2.17. The lowest BCUT2D eigenvalue weighted by Gasteiger charge is -2.26. The van der Waals surface area contributed by atoms with Crippen LogP contribution in [0.25, 0.3) is 10.6 Å². The van der Waals surface area contributed by atoms with E-state index < -0.39 is 0 Å². The molecule has 1 aliphatic rings. The summed E-state index contributed by atoms with van der Waals surface area (Å²) in [5.41, 5.74) is 1.47. The van der Waals surface area contributed by atoms with Crippen LogP contribution in [0.3, 0.4) is 0 Å². The van der Waals surface area contributed by atoms with Crippen molar-refractivity contribution in [1.82, 2.24) is 15.6 Å². The van der Waals surface area contributed by atoms with Gasteiger partial charge in [-0.25, -0.2) is 9.37 Å². The SMILES string of the molecule is O=C(Cc1csc(-c2cccc(F)c2)n1)NCC1CNC1. The average Bonchev–Trinajstić information content (AvgIpc) is 2.85. The molecule has 0 atom stereocenters. The van der Waals surface area contributed by atoms with Gasteiger partial charge in [0.15, 0.2) is 0 Å². The molecule has 110 valence electrons. The molecule has 0 spiro atoms. The van der Waals surface area contributed by atoms with E-state index in [0.29, 0.717) is 12.5 Å². The largest absolute Gasteiger partial charge is 0.355 e. The van der Waals surface area contributed by atoms with Crippen molar-refractivity contribution >= 4 is 17.2 Å². The van der Waals surface area contributed by atoms with Crippen LogP contribution >= 0.6 is 11.3 Å². The molecule has 1 aromatic heterocycles. The first kappa shape index (κ1) is 14.2. The molecule has 1 aliphatic heterocycles. The Morgan fingerprint density at radius 3 is 3.05 bits per heavy atom. The third-order valence-electron chi connectivity index (χ3n) is 3.42. The highest BCUT2D eigenvalue weighted by molar-refractivity contribution is 7.13. The van der Waals surface area contributed by atoms with Crippen molar-refractivity contribution in [2.45, 2.75) is 6.42 Å². The van der Waals surface area contributed by atoms with Gasteiger partial charge in [0.1, 0.15) is 10.8 Å². The Morgan fingerprint density at radius 1 is 1.48 bits per heavy atom. The Balaban J connectivity index is 1.58. The molecule has 0 bridgehead atoms. The van der Waals surface area contributed by atoms with Gasteiger partial charge < -0.3 is 10.6 Å². The van der Waals surface area contributed by atoms with Gasteiger partial charge in [0.2, 0.25) is 5.91 Å². The number of nitrogens with zero attached hydrogens (tertiary/aromatic N) is 1. The van der Waals surface area contributed by atoms with Crippen molar-refractivity contribution in [3.05, 3.63) is 41.2 Å². The zero-order chi connectivity index (χ0) is 14.7. The summed E-state index contributed by atoms with van der Waals surface area (Å²) >= 11 is 1.43. The Morgan fingerprint density at radius 2 is 2.33 bits per heavy atom. The first-order chi connectivity index (χ1) is 10.2. The Kier molecular flexibility index (Phi) is 4.26. The summed E-state index contributed by atoms with van der Waals surface area (Å²) in [5.74, 6) is 0.251. The van der Waals surface area contributed by atoms with Gasteiger partial charge in [-0.3, -0.25) is 4.79 Å². The van der Waals surface area contributed by atoms with E-state index in [0.717, 1.165) is 29.4 Å². The van der Waals surface area contributed by atoms with Crippen molar-refractivity contribution in [3.8, 4) is 10.6 Å². The molecule has 2 heterocycles. The molecule has 2 aromatic rings. The molecule has 6 heteroatoms. The summed E-state index contributed by atoms with van der Waals surface area (Å²) in [7, 11) is 0. The van der Waals surface area contributed by atoms with Gasteiger partial charge in [0.25, 0.3) is 0 Å². The molecule has 0 radical (unpaired) electrons. The van der Waals surface area contributed by atoms with Crippen molar-refractivity contribution in [3.63, 3.8) is 0 Å². The number of amides is 1. The molecule has 0 aliphatic carbocycles. The lowest BCUT2D eigenvalue weighted by molar-refractivity contribution is -0.120. The number of carbonyl (C=O) groups excluding carboxylic acids is 1. The first-order valence-electron chi connectivity index (χ1n) is 6.88.